The highest BCUT2D eigenvalue weighted by Gasteiger charge is 2.52. The first-order valence-electron chi connectivity index (χ1n) is 8.05. The minimum Gasteiger partial charge on any atom is -0.315 e. The van der Waals surface area contributed by atoms with Gasteiger partial charge in [0.05, 0.1) is 11.8 Å². The lowest BCUT2D eigenvalue weighted by Gasteiger charge is -2.27. The van der Waals surface area contributed by atoms with Crippen molar-refractivity contribution in [2.75, 3.05) is 13.6 Å². The molecule has 1 N–H and O–H groups in total. The Morgan fingerprint density at radius 3 is 2.15 bits per heavy atom. The molecule has 1 aliphatic heterocycles. The Morgan fingerprint density at radius 1 is 1.20 bits per heavy atom. The van der Waals surface area contributed by atoms with Gasteiger partial charge in [0.15, 0.2) is 0 Å². The van der Waals surface area contributed by atoms with E-state index in [1.165, 1.54) is 4.90 Å². The Hall–Kier alpha value is -0.900. The highest BCUT2D eigenvalue weighted by atomic mass is 16.2. The van der Waals surface area contributed by atoms with Crippen LogP contribution in [0.15, 0.2) is 0 Å². The Balaban J connectivity index is 2.05. The Bertz CT molecular complexity index is 359. The van der Waals surface area contributed by atoms with Crippen molar-refractivity contribution in [2.45, 2.75) is 52.5 Å². The van der Waals surface area contributed by atoms with Gasteiger partial charge in [0.2, 0.25) is 11.8 Å². The monoisotopic (exact) mass is 280 g/mol. The third-order valence-electron chi connectivity index (χ3n) is 5.48. The van der Waals surface area contributed by atoms with Gasteiger partial charge >= 0.3 is 0 Å². The molecule has 1 saturated heterocycles. The predicted molar refractivity (Wildman–Crippen MR) is 79.0 cm³/mol. The number of imide groups is 1. The average Bonchev–Trinajstić information content (AvgIpc) is 2.98. The van der Waals surface area contributed by atoms with E-state index in [9.17, 15) is 9.59 Å². The van der Waals surface area contributed by atoms with Crippen molar-refractivity contribution < 1.29 is 9.59 Å². The standard InChI is InChI=1S/C16H28N2O2/c1-5-10(3)14(17-4)9-18-15(19)12-7-11(6-2)8-13(12)16(18)20/h10-14,17H,5-9H2,1-4H3. The van der Waals surface area contributed by atoms with Crippen LogP contribution in [0.1, 0.15) is 46.5 Å². The van der Waals surface area contributed by atoms with Crippen LogP contribution >= 0.6 is 0 Å². The first-order valence-corrected chi connectivity index (χ1v) is 8.05. The molecule has 1 heterocycles. The van der Waals surface area contributed by atoms with Crippen molar-refractivity contribution in [1.29, 1.82) is 0 Å². The molecule has 1 saturated carbocycles. The van der Waals surface area contributed by atoms with Gasteiger partial charge in [-0.2, -0.15) is 0 Å². The number of carbonyl (C=O) groups excluding carboxylic acids is 2. The Morgan fingerprint density at radius 2 is 1.75 bits per heavy atom. The number of likely N-dealkylation sites (tertiary alicyclic amines) is 1. The number of hydrogen-bond acceptors (Lipinski definition) is 3. The molecule has 4 unspecified atom stereocenters. The van der Waals surface area contributed by atoms with E-state index in [-0.39, 0.29) is 29.7 Å². The van der Waals surface area contributed by atoms with Gasteiger partial charge in [-0.05, 0) is 31.7 Å². The van der Waals surface area contributed by atoms with Crippen molar-refractivity contribution in [3.8, 4) is 0 Å². The summed E-state index contributed by atoms with van der Waals surface area (Å²) in [6.07, 6.45) is 3.96. The summed E-state index contributed by atoms with van der Waals surface area (Å²) in [6, 6.07) is 0.202. The fraction of sp³-hybridized carbons (Fsp3) is 0.875. The number of rotatable bonds is 6. The van der Waals surface area contributed by atoms with Gasteiger partial charge in [0.25, 0.3) is 0 Å². The largest absolute Gasteiger partial charge is 0.315 e. The highest BCUT2D eigenvalue weighted by molar-refractivity contribution is 6.05. The van der Waals surface area contributed by atoms with Gasteiger partial charge in [-0.15, -0.1) is 0 Å². The molecule has 114 valence electrons. The molecule has 0 aromatic rings. The summed E-state index contributed by atoms with van der Waals surface area (Å²) < 4.78 is 0. The lowest BCUT2D eigenvalue weighted by molar-refractivity contribution is -0.141. The molecule has 0 spiro atoms. The van der Waals surface area contributed by atoms with E-state index in [4.69, 9.17) is 0 Å². The molecule has 0 aromatic heterocycles. The number of fused-ring (bicyclic) bond motifs is 1. The smallest absolute Gasteiger partial charge is 0.233 e. The zero-order valence-corrected chi connectivity index (χ0v) is 13.2. The van der Waals surface area contributed by atoms with Crippen LogP contribution in [-0.2, 0) is 9.59 Å². The molecule has 2 aliphatic rings. The molecular weight excluding hydrogens is 252 g/mol. The fourth-order valence-corrected chi connectivity index (χ4v) is 3.75. The maximum atomic E-state index is 12.5. The lowest BCUT2D eigenvalue weighted by Crippen LogP contribution is -2.46. The van der Waals surface area contributed by atoms with E-state index in [1.54, 1.807) is 0 Å². The first-order chi connectivity index (χ1) is 9.53. The van der Waals surface area contributed by atoms with Crippen LogP contribution in [-0.4, -0.2) is 36.3 Å². The van der Waals surface area contributed by atoms with Crippen LogP contribution in [0.2, 0.25) is 0 Å². The SMILES string of the molecule is CCC1CC2C(=O)N(CC(NC)C(C)CC)C(=O)C2C1. The van der Waals surface area contributed by atoms with Gasteiger partial charge in [-0.3, -0.25) is 14.5 Å². The van der Waals surface area contributed by atoms with E-state index < -0.39 is 0 Å². The van der Waals surface area contributed by atoms with Gasteiger partial charge in [0.1, 0.15) is 0 Å². The number of carbonyl (C=O) groups is 2. The first kappa shape index (κ1) is 15.5. The second kappa shape index (κ2) is 6.25. The van der Waals surface area contributed by atoms with Crippen LogP contribution in [0.5, 0.6) is 0 Å². The van der Waals surface area contributed by atoms with Gasteiger partial charge in [0, 0.05) is 12.6 Å². The lowest BCUT2D eigenvalue weighted by atomic mass is 9.98. The predicted octanol–water partition coefficient (Wildman–Crippen LogP) is 2.04. The van der Waals surface area contributed by atoms with Gasteiger partial charge in [-0.25, -0.2) is 0 Å². The molecule has 2 fully saturated rings. The fourth-order valence-electron chi connectivity index (χ4n) is 3.75. The van der Waals surface area contributed by atoms with E-state index >= 15 is 0 Å². The molecule has 4 nitrogen and oxygen atoms in total. The van der Waals surface area contributed by atoms with Crippen molar-refractivity contribution in [1.82, 2.24) is 10.2 Å². The molecule has 4 atom stereocenters. The molecule has 0 radical (unpaired) electrons. The van der Waals surface area contributed by atoms with Crippen LogP contribution in [0.3, 0.4) is 0 Å². The topological polar surface area (TPSA) is 49.4 Å². The minimum atomic E-state index is -0.0260. The van der Waals surface area contributed by atoms with Crippen LogP contribution in [0.4, 0.5) is 0 Å². The summed E-state index contributed by atoms with van der Waals surface area (Å²) in [4.78, 5) is 26.5. The van der Waals surface area contributed by atoms with E-state index in [0.717, 1.165) is 25.7 Å². The van der Waals surface area contributed by atoms with Crippen molar-refractivity contribution in [2.24, 2.45) is 23.7 Å². The number of hydrogen-bond donors (Lipinski definition) is 1. The molecule has 2 amide bonds. The number of likely N-dealkylation sites (N-methyl/N-ethyl adjacent to an activating group) is 1. The summed E-state index contributed by atoms with van der Waals surface area (Å²) in [5.74, 6) is 1.14. The van der Waals surface area contributed by atoms with Crippen LogP contribution in [0.25, 0.3) is 0 Å². The number of nitrogens with one attached hydrogen (secondary N) is 1. The minimum absolute atomic E-state index is 0.0260. The third kappa shape index (κ3) is 2.62. The quantitative estimate of drug-likeness (QED) is 0.758. The third-order valence-corrected chi connectivity index (χ3v) is 5.48. The highest BCUT2D eigenvalue weighted by Crippen LogP contribution is 2.44. The summed E-state index contributed by atoms with van der Waals surface area (Å²) in [5.41, 5.74) is 0. The second-order valence-electron chi connectivity index (χ2n) is 6.53. The van der Waals surface area contributed by atoms with Crippen molar-refractivity contribution >= 4 is 11.8 Å². The Labute approximate surface area is 122 Å². The zero-order valence-electron chi connectivity index (χ0n) is 13.2. The van der Waals surface area contributed by atoms with Gasteiger partial charge < -0.3 is 5.32 Å². The van der Waals surface area contributed by atoms with Crippen molar-refractivity contribution in [3.05, 3.63) is 0 Å². The average molecular weight is 280 g/mol. The van der Waals surface area contributed by atoms with Gasteiger partial charge in [-0.1, -0.05) is 33.6 Å². The molecular formula is C16H28N2O2. The number of amides is 2. The summed E-state index contributed by atoms with van der Waals surface area (Å²) in [7, 11) is 1.91. The molecule has 20 heavy (non-hydrogen) atoms. The molecule has 4 heteroatoms. The normalized spacial score (nSPS) is 32.6. The maximum Gasteiger partial charge on any atom is 0.233 e. The molecule has 0 bridgehead atoms. The summed E-state index contributed by atoms with van der Waals surface area (Å²) in [5, 5.41) is 3.26. The van der Waals surface area contributed by atoms with Crippen LogP contribution in [0, 0.1) is 23.7 Å². The number of nitrogens with zero attached hydrogens (tertiary/aromatic N) is 1. The van der Waals surface area contributed by atoms with Crippen molar-refractivity contribution in [3.63, 3.8) is 0 Å². The van der Waals surface area contributed by atoms with E-state index in [1.807, 2.05) is 7.05 Å². The summed E-state index contributed by atoms with van der Waals surface area (Å²) in [6.45, 7) is 6.99. The van der Waals surface area contributed by atoms with E-state index in [2.05, 4.69) is 26.1 Å². The van der Waals surface area contributed by atoms with E-state index in [0.29, 0.717) is 18.4 Å². The van der Waals surface area contributed by atoms with Crippen LogP contribution < -0.4 is 5.32 Å². The summed E-state index contributed by atoms with van der Waals surface area (Å²) >= 11 is 0. The zero-order chi connectivity index (χ0) is 14.9. The second-order valence-corrected chi connectivity index (χ2v) is 6.53. The maximum absolute atomic E-state index is 12.5. The molecule has 2 rings (SSSR count). The molecule has 0 aromatic carbocycles. The Kier molecular flexibility index (Phi) is 4.84. The molecule has 1 aliphatic carbocycles.